The molecule has 0 fully saturated rings. The van der Waals surface area contributed by atoms with Crippen molar-refractivity contribution in [3.63, 3.8) is 0 Å². The first-order chi connectivity index (χ1) is 12.9. The number of carbonyl (C=O) groups excluding carboxylic acids is 1. The van der Waals surface area contributed by atoms with Crippen LogP contribution in [-0.2, 0) is 10.0 Å². The lowest BCUT2D eigenvalue weighted by molar-refractivity contribution is 0.1000. The van der Waals surface area contributed by atoms with Crippen molar-refractivity contribution in [2.75, 3.05) is 4.31 Å². The van der Waals surface area contributed by atoms with Crippen LogP contribution >= 0.6 is 11.3 Å². The van der Waals surface area contributed by atoms with Gasteiger partial charge >= 0.3 is 0 Å². The van der Waals surface area contributed by atoms with Crippen LogP contribution in [0.5, 0.6) is 0 Å². The molecule has 1 amide bonds. The molecular formula is C19H19N3O3S2. The fourth-order valence-electron chi connectivity index (χ4n) is 2.85. The molecule has 0 bridgehead atoms. The molecular weight excluding hydrogens is 382 g/mol. The summed E-state index contributed by atoms with van der Waals surface area (Å²) in [5.41, 5.74) is 6.38. The smallest absolute Gasteiger partial charge is 0.266 e. The lowest BCUT2D eigenvalue weighted by atomic mass is 10.1. The van der Waals surface area contributed by atoms with Gasteiger partial charge in [0.05, 0.1) is 10.9 Å². The van der Waals surface area contributed by atoms with Gasteiger partial charge in [0, 0.05) is 17.1 Å². The van der Waals surface area contributed by atoms with Crippen LogP contribution in [0.3, 0.4) is 0 Å². The van der Waals surface area contributed by atoms with Gasteiger partial charge in [0.2, 0.25) is 5.91 Å². The van der Waals surface area contributed by atoms with Crippen molar-refractivity contribution < 1.29 is 13.2 Å². The summed E-state index contributed by atoms with van der Waals surface area (Å²) in [6.45, 7) is 1.93. The summed E-state index contributed by atoms with van der Waals surface area (Å²) in [4.78, 5) is 15.6. The largest absolute Gasteiger partial charge is 0.366 e. The van der Waals surface area contributed by atoms with Crippen LogP contribution in [0.2, 0.25) is 0 Å². The van der Waals surface area contributed by atoms with Crippen LogP contribution < -0.4 is 10.0 Å². The molecule has 6 nitrogen and oxygen atoms in total. The van der Waals surface area contributed by atoms with E-state index in [9.17, 15) is 13.2 Å². The normalized spacial score (nSPS) is 12.5. The molecule has 1 atom stereocenters. The first-order valence-electron chi connectivity index (χ1n) is 8.34. The molecule has 0 unspecified atom stereocenters. The first kappa shape index (κ1) is 19.1. The van der Waals surface area contributed by atoms with E-state index in [4.69, 9.17) is 5.73 Å². The van der Waals surface area contributed by atoms with Crippen molar-refractivity contribution in [3.05, 3.63) is 77.3 Å². The first-order valence-corrected chi connectivity index (χ1v) is 10.7. The van der Waals surface area contributed by atoms with E-state index in [0.29, 0.717) is 11.6 Å². The second-order valence-electron chi connectivity index (χ2n) is 5.84. The van der Waals surface area contributed by atoms with Gasteiger partial charge in [0.25, 0.3) is 10.0 Å². The topological polar surface area (TPSA) is 93.4 Å². The highest BCUT2D eigenvalue weighted by atomic mass is 32.2. The van der Waals surface area contributed by atoms with E-state index in [1.165, 1.54) is 39.9 Å². The minimum atomic E-state index is -3.90. The number of aromatic nitrogens is 1. The van der Waals surface area contributed by atoms with Crippen LogP contribution in [0.4, 0.5) is 5.13 Å². The van der Waals surface area contributed by atoms with E-state index in [0.717, 1.165) is 5.56 Å². The number of rotatable bonds is 7. The van der Waals surface area contributed by atoms with E-state index < -0.39 is 22.0 Å². The Balaban J connectivity index is 2.11. The van der Waals surface area contributed by atoms with Crippen molar-refractivity contribution >= 4 is 32.4 Å². The molecule has 3 aromatic rings. The average Bonchev–Trinajstić information content (AvgIpc) is 3.20. The molecule has 0 spiro atoms. The summed E-state index contributed by atoms with van der Waals surface area (Å²) < 4.78 is 28.3. The van der Waals surface area contributed by atoms with Gasteiger partial charge in [-0.05, 0) is 36.2 Å². The molecule has 0 aliphatic heterocycles. The maximum Gasteiger partial charge on any atom is 0.266 e. The van der Waals surface area contributed by atoms with Crippen LogP contribution in [0.15, 0.2) is 71.1 Å². The summed E-state index contributed by atoms with van der Waals surface area (Å²) in [6, 6.07) is 14.7. The Morgan fingerprint density at radius 3 is 2.33 bits per heavy atom. The van der Waals surface area contributed by atoms with Crippen molar-refractivity contribution in [1.29, 1.82) is 0 Å². The van der Waals surface area contributed by atoms with E-state index in [1.54, 1.807) is 11.6 Å². The summed E-state index contributed by atoms with van der Waals surface area (Å²) >= 11 is 1.26. The Labute approximate surface area is 162 Å². The molecule has 0 saturated carbocycles. The Bertz CT molecular complexity index is 1000. The molecule has 27 heavy (non-hydrogen) atoms. The zero-order valence-electron chi connectivity index (χ0n) is 14.6. The number of hydrogen-bond acceptors (Lipinski definition) is 5. The number of carbonyl (C=O) groups is 1. The summed E-state index contributed by atoms with van der Waals surface area (Å²) in [5, 5.41) is 2.14. The third-order valence-corrected chi connectivity index (χ3v) is 6.86. The van der Waals surface area contributed by atoms with Crippen molar-refractivity contribution in [1.82, 2.24) is 4.98 Å². The van der Waals surface area contributed by atoms with Crippen LogP contribution in [0.25, 0.3) is 0 Å². The fourth-order valence-corrected chi connectivity index (χ4v) is 5.43. The molecule has 1 aromatic heterocycles. The number of benzene rings is 2. The maximum atomic E-state index is 13.5. The number of thiazole rings is 1. The maximum absolute atomic E-state index is 13.5. The van der Waals surface area contributed by atoms with Gasteiger partial charge in [0.15, 0.2) is 5.13 Å². The third-order valence-electron chi connectivity index (χ3n) is 4.16. The Kier molecular flexibility index (Phi) is 5.57. The van der Waals surface area contributed by atoms with Crippen LogP contribution in [0.1, 0.15) is 35.3 Å². The lowest BCUT2D eigenvalue weighted by Crippen LogP contribution is -2.34. The minimum Gasteiger partial charge on any atom is -0.366 e. The number of hydrogen-bond donors (Lipinski definition) is 1. The molecule has 0 aliphatic carbocycles. The van der Waals surface area contributed by atoms with Crippen molar-refractivity contribution in [2.24, 2.45) is 5.73 Å². The zero-order chi connectivity index (χ0) is 19.4. The quantitative estimate of drug-likeness (QED) is 0.655. The Hall–Kier alpha value is -2.71. The highest BCUT2D eigenvalue weighted by Gasteiger charge is 2.33. The van der Waals surface area contributed by atoms with E-state index >= 15 is 0 Å². The van der Waals surface area contributed by atoms with Gasteiger partial charge < -0.3 is 5.73 Å². The van der Waals surface area contributed by atoms with Crippen molar-refractivity contribution in [2.45, 2.75) is 24.3 Å². The SMILES string of the molecule is CC[C@@H](c1ccccc1)N(c1nccs1)S(=O)(=O)c1ccc(C(N)=O)cc1. The Morgan fingerprint density at radius 2 is 1.81 bits per heavy atom. The summed E-state index contributed by atoms with van der Waals surface area (Å²) in [5.74, 6) is -0.605. The second kappa shape index (κ2) is 7.89. The molecule has 140 valence electrons. The van der Waals surface area contributed by atoms with Crippen LogP contribution in [-0.4, -0.2) is 19.3 Å². The third kappa shape index (κ3) is 3.86. The fraction of sp³-hybridized carbons (Fsp3) is 0.158. The predicted molar refractivity (Wildman–Crippen MR) is 106 cm³/mol. The molecule has 8 heteroatoms. The molecule has 1 heterocycles. The van der Waals surface area contributed by atoms with E-state index in [-0.39, 0.29) is 10.5 Å². The number of sulfonamides is 1. The molecule has 3 rings (SSSR count). The van der Waals surface area contributed by atoms with Gasteiger partial charge in [-0.3, -0.25) is 4.79 Å². The highest BCUT2D eigenvalue weighted by molar-refractivity contribution is 7.93. The monoisotopic (exact) mass is 401 g/mol. The molecule has 2 N–H and O–H groups in total. The van der Waals surface area contributed by atoms with E-state index in [2.05, 4.69) is 4.98 Å². The second-order valence-corrected chi connectivity index (χ2v) is 8.53. The predicted octanol–water partition coefficient (Wildman–Crippen LogP) is 3.59. The molecule has 0 saturated heterocycles. The standard InChI is InChI=1S/C19H19N3O3S2/c1-2-17(14-6-4-3-5-7-14)22(19-21-12-13-26-19)27(24,25)16-10-8-15(9-11-16)18(20)23/h3-13,17H,2H2,1H3,(H2,20,23)/t17-/m0/s1. The van der Waals surface area contributed by atoms with Gasteiger partial charge in [-0.1, -0.05) is 37.3 Å². The van der Waals surface area contributed by atoms with Crippen LogP contribution in [0, 0.1) is 0 Å². The molecule has 0 radical (unpaired) electrons. The van der Waals surface area contributed by atoms with Gasteiger partial charge in [-0.15, -0.1) is 11.3 Å². The van der Waals surface area contributed by atoms with E-state index in [1.807, 2.05) is 37.3 Å². The number of nitrogens with zero attached hydrogens (tertiary/aromatic N) is 2. The lowest BCUT2D eigenvalue weighted by Gasteiger charge is -2.30. The zero-order valence-corrected chi connectivity index (χ0v) is 16.3. The molecule has 2 aromatic carbocycles. The van der Waals surface area contributed by atoms with Crippen molar-refractivity contribution in [3.8, 4) is 0 Å². The number of primary amides is 1. The molecule has 0 aliphatic rings. The van der Waals surface area contributed by atoms with Gasteiger partial charge in [0.1, 0.15) is 0 Å². The summed E-state index contributed by atoms with van der Waals surface area (Å²) in [7, 11) is -3.90. The van der Waals surface area contributed by atoms with Gasteiger partial charge in [-0.25, -0.2) is 17.7 Å². The number of nitrogens with two attached hydrogens (primary N) is 1. The minimum absolute atomic E-state index is 0.0806. The average molecular weight is 402 g/mol. The number of anilines is 1. The number of amides is 1. The van der Waals surface area contributed by atoms with Gasteiger partial charge in [-0.2, -0.15) is 0 Å². The summed E-state index contributed by atoms with van der Waals surface area (Å²) in [6.07, 6.45) is 2.15. The Morgan fingerprint density at radius 1 is 1.15 bits per heavy atom. The highest BCUT2D eigenvalue weighted by Crippen LogP contribution is 2.36.